The first-order chi connectivity index (χ1) is 7.60. The van der Waals surface area contributed by atoms with Gasteiger partial charge in [-0.3, -0.25) is 4.79 Å². The van der Waals surface area contributed by atoms with Crippen LogP contribution in [0.1, 0.15) is 19.8 Å². The lowest BCUT2D eigenvalue weighted by atomic mass is 9.92. The summed E-state index contributed by atoms with van der Waals surface area (Å²) in [5.41, 5.74) is 5.38. The van der Waals surface area contributed by atoms with Gasteiger partial charge in [0.25, 0.3) is 5.91 Å². The number of likely N-dealkylation sites (tertiary alicyclic amines) is 1. The summed E-state index contributed by atoms with van der Waals surface area (Å²) in [6, 6.07) is 0. The van der Waals surface area contributed by atoms with E-state index < -0.39 is 5.66 Å². The molecule has 0 saturated carbocycles. The summed E-state index contributed by atoms with van der Waals surface area (Å²) in [4.78, 5) is 17.8. The lowest BCUT2D eigenvalue weighted by molar-refractivity contribution is -0.134. The van der Waals surface area contributed by atoms with Crippen LogP contribution in [-0.4, -0.2) is 34.0 Å². The van der Waals surface area contributed by atoms with Crippen LogP contribution < -0.4 is 5.73 Å². The van der Waals surface area contributed by atoms with Gasteiger partial charge in [-0.25, -0.2) is 4.98 Å². The predicted octanol–water partition coefficient (Wildman–Crippen LogP) is 0.383. The highest BCUT2D eigenvalue weighted by molar-refractivity contribution is 5.86. The smallest absolute Gasteiger partial charge is 0.263 e. The zero-order valence-electron chi connectivity index (χ0n) is 9.76. The molecule has 0 spiro atoms. The first kappa shape index (κ1) is 11.1. The zero-order chi connectivity index (χ0) is 11.8. The molecule has 5 heteroatoms. The van der Waals surface area contributed by atoms with Gasteiger partial charge in [-0.15, -0.1) is 0 Å². The maximum Gasteiger partial charge on any atom is 0.263 e. The van der Waals surface area contributed by atoms with E-state index in [2.05, 4.69) is 11.9 Å². The molecule has 0 radical (unpaired) electrons. The normalized spacial score (nSPS) is 30.1. The average Bonchev–Trinajstić information content (AvgIpc) is 2.85. The molecule has 1 amide bonds. The number of hydrogen-bond donors (Lipinski definition) is 1. The maximum absolute atomic E-state index is 12.2. The van der Waals surface area contributed by atoms with E-state index in [9.17, 15) is 4.79 Å². The van der Waals surface area contributed by atoms with Crippen LogP contribution in [0, 0.1) is 5.92 Å². The molecule has 16 heavy (non-hydrogen) atoms. The third-order valence-corrected chi connectivity index (χ3v) is 3.37. The number of amides is 1. The van der Waals surface area contributed by atoms with Gasteiger partial charge in [0, 0.05) is 31.9 Å². The number of carbonyl (C=O) groups is 1. The molecule has 2 unspecified atom stereocenters. The predicted molar refractivity (Wildman–Crippen MR) is 60.4 cm³/mol. The van der Waals surface area contributed by atoms with Crippen molar-refractivity contribution in [3.63, 3.8) is 0 Å². The molecule has 0 aliphatic carbocycles. The molecule has 1 fully saturated rings. The topological polar surface area (TPSA) is 64.2 Å². The molecule has 1 aliphatic heterocycles. The van der Waals surface area contributed by atoms with Crippen molar-refractivity contribution >= 4 is 5.91 Å². The van der Waals surface area contributed by atoms with Crippen LogP contribution in [-0.2, 0) is 10.5 Å². The first-order valence-corrected chi connectivity index (χ1v) is 5.63. The van der Waals surface area contributed by atoms with Crippen LogP contribution in [0.4, 0.5) is 0 Å². The fourth-order valence-corrected chi connectivity index (χ4v) is 2.49. The van der Waals surface area contributed by atoms with Crippen molar-refractivity contribution in [1.82, 2.24) is 14.5 Å². The molecular formula is C11H18N4O. The Bertz CT molecular complexity index is 375. The van der Waals surface area contributed by atoms with E-state index in [1.165, 1.54) is 0 Å². The van der Waals surface area contributed by atoms with E-state index >= 15 is 0 Å². The van der Waals surface area contributed by atoms with Crippen molar-refractivity contribution in [1.29, 1.82) is 0 Å². The molecule has 1 aromatic rings. The summed E-state index contributed by atoms with van der Waals surface area (Å²) in [6.45, 7) is 2.83. The minimum atomic E-state index is -0.943. The second-order valence-electron chi connectivity index (χ2n) is 4.47. The van der Waals surface area contributed by atoms with E-state index in [0.717, 1.165) is 19.4 Å². The van der Waals surface area contributed by atoms with Gasteiger partial charge in [-0.1, -0.05) is 13.3 Å². The van der Waals surface area contributed by atoms with Crippen molar-refractivity contribution in [2.75, 3.05) is 13.6 Å². The van der Waals surface area contributed by atoms with Gasteiger partial charge in [0.15, 0.2) is 5.66 Å². The van der Waals surface area contributed by atoms with Crippen LogP contribution in [0.3, 0.4) is 0 Å². The minimum absolute atomic E-state index is 0.0241. The Morgan fingerprint density at radius 1 is 1.69 bits per heavy atom. The number of rotatable bonds is 3. The summed E-state index contributed by atoms with van der Waals surface area (Å²) in [5.74, 6) is 0.133. The molecule has 1 aliphatic rings. The molecule has 0 bridgehead atoms. The van der Waals surface area contributed by atoms with Crippen molar-refractivity contribution in [3.8, 4) is 0 Å². The lowest BCUT2D eigenvalue weighted by Crippen LogP contribution is -2.53. The van der Waals surface area contributed by atoms with E-state index in [-0.39, 0.29) is 11.8 Å². The summed E-state index contributed by atoms with van der Waals surface area (Å²) in [5, 5.41) is 0. The highest BCUT2D eigenvalue weighted by atomic mass is 16.2. The van der Waals surface area contributed by atoms with Crippen LogP contribution >= 0.6 is 0 Å². The molecule has 88 valence electrons. The molecule has 2 atom stereocenters. The molecule has 2 heterocycles. The van der Waals surface area contributed by atoms with E-state index in [1.807, 2.05) is 0 Å². The lowest BCUT2D eigenvalue weighted by Gasteiger charge is -2.29. The molecular weight excluding hydrogens is 204 g/mol. The minimum Gasteiger partial charge on any atom is -0.342 e. The van der Waals surface area contributed by atoms with Gasteiger partial charge in [0.2, 0.25) is 0 Å². The van der Waals surface area contributed by atoms with Crippen molar-refractivity contribution < 1.29 is 4.79 Å². The summed E-state index contributed by atoms with van der Waals surface area (Å²) in [7, 11) is 1.80. The summed E-state index contributed by atoms with van der Waals surface area (Å²) < 4.78 is 1.74. The molecule has 2 rings (SSSR count). The quantitative estimate of drug-likeness (QED) is 0.804. The second kappa shape index (κ2) is 3.90. The van der Waals surface area contributed by atoms with Gasteiger partial charge < -0.3 is 15.2 Å². The summed E-state index contributed by atoms with van der Waals surface area (Å²) >= 11 is 0. The van der Waals surface area contributed by atoms with Crippen molar-refractivity contribution in [2.45, 2.75) is 25.4 Å². The monoisotopic (exact) mass is 222 g/mol. The van der Waals surface area contributed by atoms with Crippen LogP contribution in [0.5, 0.6) is 0 Å². The SMILES string of the molecule is CCCC1CN(C)C(=O)C1(N)n1ccnc1. The Kier molecular flexibility index (Phi) is 2.71. The van der Waals surface area contributed by atoms with Crippen LogP contribution in [0.15, 0.2) is 18.7 Å². The third-order valence-electron chi connectivity index (χ3n) is 3.37. The zero-order valence-corrected chi connectivity index (χ0v) is 9.76. The maximum atomic E-state index is 12.2. The number of nitrogens with zero attached hydrogens (tertiary/aromatic N) is 3. The van der Waals surface area contributed by atoms with E-state index in [4.69, 9.17) is 5.73 Å². The van der Waals surface area contributed by atoms with Gasteiger partial charge in [0.05, 0.1) is 6.33 Å². The highest BCUT2D eigenvalue weighted by Gasteiger charge is 2.50. The number of aromatic nitrogens is 2. The largest absolute Gasteiger partial charge is 0.342 e. The van der Waals surface area contributed by atoms with Crippen molar-refractivity contribution in [2.24, 2.45) is 11.7 Å². The third kappa shape index (κ3) is 1.43. The Morgan fingerprint density at radius 2 is 2.44 bits per heavy atom. The fraction of sp³-hybridized carbons (Fsp3) is 0.636. The van der Waals surface area contributed by atoms with Gasteiger partial charge in [0.1, 0.15) is 0 Å². The van der Waals surface area contributed by atoms with Crippen LogP contribution in [0.2, 0.25) is 0 Å². The van der Waals surface area contributed by atoms with Gasteiger partial charge >= 0.3 is 0 Å². The highest BCUT2D eigenvalue weighted by Crippen LogP contribution is 2.33. The number of nitrogens with two attached hydrogens (primary N) is 1. The Labute approximate surface area is 95.2 Å². The Hall–Kier alpha value is -1.36. The number of likely N-dealkylation sites (N-methyl/N-ethyl adjacent to an activating group) is 1. The molecule has 5 nitrogen and oxygen atoms in total. The summed E-state index contributed by atoms with van der Waals surface area (Å²) in [6.07, 6.45) is 7.02. The number of hydrogen-bond acceptors (Lipinski definition) is 3. The van der Waals surface area contributed by atoms with Crippen LogP contribution in [0.25, 0.3) is 0 Å². The Morgan fingerprint density at radius 3 is 3.00 bits per heavy atom. The van der Waals surface area contributed by atoms with Gasteiger partial charge in [-0.2, -0.15) is 0 Å². The fourth-order valence-electron chi connectivity index (χ4n) is 2.49. The molecule has 2 N–H and O–H groups in total. The molecule has 0 aromatic carbocycles. The Balaban J connectivity index is 2.38. The first-order valence-electron chi connectivity index (χ1n) is 5.63. The number of imidazole rings is 1. The van der Waals surface area contributed by atoms with Crippen molar-refractivity contribution in [3.05, 3.63) is 18.7 Å². The second-order valence-corrected chi connectivity index (χ2v) is 4.47. The number of carbonyl (C=O) groups excluding carboxylic acids is 1. The standard InChI is InChI=1S/C11H18N4O/c1-3-4-9-7-14(2)10(16)11(9,12)15-6-5-13-8-15/h5-6,8-9H,3-4,7,12H2,1-2H3. The van der Waals surface area contributed by atoms with Gasteiger partial charge in [-0.05, 0) is 6.42 Å². The molecule has 1 saturated heterocycles. The molecule has 1 aromatic heterocycles. The van der Waals surface area contributed by atoms with E-state index in [1.54, 1.807) is 35.2 Å². The van der Waals surface area contributed by atoms with E-state index in [0.29, 0.717) is 0 Å². The average molecular weight is 222 g/mol.